The van der Waals surface area contributed by atoms with E-state index in [0.717, 1.165) is 12.8 Å². The highest BCUT2D eigenvalue weighted by atomic mass is 35.5. The van der Waals surface area contributed by atoms with Gasteiger partial charge in [0, 0.05) is 23.1 Å². The fraction of sp³-hybridized carbons (Fsp3) is 0.348. The van der Waals surface area contributed by atoms with Crippen LogP contribution in [0.4, 0.5) is 0 Å². The van der Waals surface area contributed by atoms with Crippen molar-refractivity contribution in [2.45, 2.75) is 44.2 Å². The predicted octanol–water partition coefficient (Wildman–Crippen LogP) is 3.47. The quantitative estimate of drug-likeness (QED) is 0.504. The number of halogens is 2. The van der Waals surface area contributed by atoms with Crippen molar-refractivity contribution in [2.24, 2.45) is 0 Å². The van der Waals surface area contributed by atoms with Crippen LogP contribution in [0.5, 0.6) is 0 Å². The van der Waals surface area contributed by atoms with E-state index in [-0.39, 0.29) is 17.0 Å². The zero-order chi connectivity index (χ0) is 25.0. The van der Waals surface area contributed by atoms with E-state index in [2.05, 4.69) is 5.32 Å². The molecule has 0 aliphatic carbocycles. The summed E-state index contributed by atoms with van der Waals surface area (Å²) in [5.41, 5.74) is 0.527. The van der Waals surface area contributed by atoms with Crippen LogP contribution in [0.15, 0.2) is 47.4 Å². The van der Waals surface area contributed by atoms with Crippen molar-refractivity contribution < 1.29 is 22.8 Å². The fourth-order valence-electron chi connectivity index (χ4n) is 3.55. The van der Waals surface area contributed by atoms with Gasteiger partial charge in [0.05, 0.1) is 5.56 Å². The molecule has 8 nitrogen and oxygen atoms in total. The minimum atomic E-state index is -4.18. The van der Waals surface area contributed by atoms with Crippen LogP contribution in [0, 0.1) is 0 Å². The molecule has 3 amide bonds. The van der Waals surface area contributed by atoms with Gasteiger partial charge in [-0.05, 0) is 43.2 Å². The molecule has 11 heteroatoms. The van der Waals surface area contributed by atoms with Crippen molar-refractivity contribution >= 4 is 50.9 Å². The molecular formula is C23H25Cl2N3O5S. The molecule has 34 heavy (non-hydrogen) atoms. The minimum Gasteiger partial charge on any atom is -0.354 e. The van der Waals surface area contributed by atoms with Gasteiger partial charge in [-0.25, -0.2) is 12.7 Å². The van der Waals surface area contributed by atoms with Crippen molar-refractivity contribution in [1.29, 1.82) is 0 Å². The molecule has 0 saturated heterocycles. The summed E-state index contributed by atoms with van der Waals surface area (Å²) in [7, 11) is -4.18. The third-order valence-electron chi connectivity index (χ3n) is 5.54. The second kappa shape index (κ2) is 10.8. The number of carbonyl (C=O) groups excluding carboxylic acids is 3. The Hall–Kier alpha value is -2.62. The number of unbranched alkanes of at least 4 members (excludes halogenated alkanes) is 1. The third kappa shape index (κ3) is 5.37. The van der Waals surface area contributed by atoms with Crippen LogP contribution >= 0.6 is 23.2 Å². The number of hydrogen-bond donors (Lipinski definition) is 1. The Labute approximate surface area is 208 Å². The Kier molecular flexibility index (Phi) is 8.22. The van der Waals surface area contributed by atoms with Crippen LogP contribution in [0.3, 0.4) is 0 Å². The lowest BCUT2D eigenvalue weighted by Crippen LogP contribution is -2.51. The number of rotatable bonds is 9. The molecule has 2 aromatic rings. The maximum Gasteiger partial charge on any atom is 0.269 e. The average molecular weight is 526 g/mol. The lowest BCUT2D eigenvalue weighted by molar-refractivity contribution is -0.140. The molecule has 0 unspecified atom stereocenters. The Balaban J connectivity index is 1.88. The summed E-state index contributed by atoms with van der Waals surface area (Å²) in [4.78, 5) is 39.9. The number of hydrogen-bond acceptors (Lipinski definition) is 5. The maximum atomic E-state index is 13.4. The number of carbonyl (C=O) groups is 3. The molecule has 3 rings (SSSR count). The van der Waals surface area contributed by atoms with Crippen molar-refractivity contribution in [3.63, 3.8) is 0 Å². The Morgan fingerprint density at radius 1 is 1.15 bits per heavy atom. The van der Waals surface area contributed by atoms with E-state index in [0.29, 0.717) is 26.5 Å². The van der Waals surface area contributed by atoms with Crippen molar-refractivity contribution in [1.82, 2.24) is 14.5 Å². The van der Waals surface area contributed by atoms with E-state index in [4.69, 9.17) is 23.2 Å². The van der Waals surface area contributed by atoms with E-state index >= 15 is 0 Å². The standard InChI is InChI=1S/C23H25Cl2N3O5S/c1-3-4-11-26-22(30)15(2)27(13-16-9-10-17(24)12-19(16)25)21(29)14-28-23(31)18-7-5-6-8-20(18)34(28,32)33/h5-10,12,15H,3-4,11,13-14H2,1-2H3,(H,26,30)/t15-/m1/s1. The second-order valence-corrected chi connectivity index (χ2v) is 10.6. The zero-order valence-electron chi connectivity index (χ0n) is 18.8. The third-order valence-corrected chi connectivity index (χ3v) is 7.92. The number of nitrogens with zero attached hydrogens (tertiary/aromatic N) is 2. The zero-order valence-corrected chi connectivity index (χ0v) is 21.1. The van der Waals surface area contributed by atoms with Crippen LogP contribution in [0.1, 0.15) is 42.6 Å². The summed E-state index contributed by atoms with van der Waals surface area (Å²) in [6, 6.07) is 9.57. The Bertz CT molecular complexity index is 1220. The lowest BCUT2D eigenvalue weighted by Gasteiger charge is -2.30. The first-order valence-corrected chi connectivity index (χ1v) is 12.9. The number of nitrogens with one attached hydrogen (secondary N) is 1. The first-order valence-electron chi connectivity index (χ1n) is 10.7. The Morgan fingerprint density at radius 2 is 1.85 bits per heavy atom. The molecule has 1 aliphatic heterocycles. The summed E-state index contributed by atoms with van der Waals surface area (Å²) in [6.07, 6.45) is 1.65. The highest BCUT2D eigenvalue weighted by Gasteiger charge is 2.43. The van der Waals surface area contributed by atoms with Crippen LogP contribution in [0.25, 0.3) is 0 Å². The van der Waals surface area contributed by atoms with Crippen LogP contribution < -0.4 is 5.32 Å². The minimum absolute atomic E-state index is 0.00736. The van der Waals surface area contributed by atoms with Crippen molar-refractivity contribution in [3.05, 3.63) is 63.6 Å². The van der Waals surface area contributed by atoms with Crippen molar-refractivity contribution in [2.75, 3.05) is 13.1 Å². The first kappa shape index (κ1) is 26.0. The van der Waals surface area contributed by atoms with Crippen LogP contribution in [-0.4, -0.2) is 54.5 Å². The van der Waals surface area contributed by atoms with E-state index in [1.807, 2.05) is 6.92 Å². The molecule has 0 spiro atoms. The molecule has 0 bridgehead atoms. The van der Waals surface area contributed by atoms with Gasteiger partial charge in [0.25, 0.3) is 15.9 Å². The molecule has 1 aliphatic rings. The monoisotopic (exact) mass is 525 g/mol. The van der Waals surface area contributed by atoms with Crippen LogP contribution in [-0.2, 0) is 26.2 Å². The number of amides is 3. The highest BCUT2D eigenvalue weighted by Crippen LogP contribution is 2.30. The molecule has 0 fully saturated rings. The first-order chi connectivity index (χ1) is 16.1. The predicted molar refractivity (Wildman–Crippen MR) is 129 cm³/mol. The largest absolute Gasteiger partial charge is 0.354 e. The van der Waals surface area contributed by atoms with E-state index < -0.39 is 40.3 Å². The average Bonchev–Trinajstić information content (AvgIpc) is 2.99. The molecule has 2 aromatic carbocycles. The van der Waals surface area contributed by atoms with E-state index in [1.54, 1.807) is 18.2 Å². The smallest absolute Gasteiger partial charge is 0.269 e. The summed E-state index contributed by atoms with van der Waals surface area (Å²) < 4.78 is 26.3. The lowest BCUT2D eigenvalue weighted by atomic mass is 10.1. The SMILES string of the molecule is CCCCNC(=O)[C@@H](C)N(Cc1ccc(Cl)cc1Cl)C(=O)CN1C(=O)c2ccccc2S1(=O)=O. The highest BCUT2D eigenvalue weighted by molar-refractivity contribution is 7.90. The van der Waals surface area contributed by atoms with E-state index in [1.165, 1.54) is 36.1 Å². The van der Waals surface area contributed by atoms with Gasteiger partial charge in [0.1, 0.15) is 17.5 Å². The number of benzene rings is 2. The summed E-state index contributed by atoms with van der Waals surface area (Å²) >= 11 is 12.2. The van der Waals surface area contributed by atoms with Gasteiger partial charge >= 0.3 is 0 Å². The number of sulfonamides is 1. The van der Waals surface area contributed by atoms with Gasteiger partial charge in [-0.2, -0.15) is 0 Å². The van der Waals surface area contributed by atoms with Gasteiger partial charge in [0.15, 0.2) is 0 Å². The molecular weight excluding hydrogens is 501 g/mol. The van der Waals surface area contributed by atoms with E-state index in [9.17, 15) is 22.8 Å². The maximum absolute atomic E-state index is 13.4. The van der Waals surface area contributed by atoms with Gasteiger partial charge in [0.2, 0.25) is 11.8 Å². The van der Waals surface area contributed by atoms with Gasteiger partial charge in [-0.3, -0.25) is 14.4 Å². The van der Waals surface area contributed by atoms with Crippen LogP contribution in [0.2, 0.25) is 10.0 Å². The summed E-state index contributed by atoms with van der Waals surface area (Å²) in [5.74, 6) is -1.90. The molecule has 182 valence electrons. The fourth-order valence-corrected chi connectivity index (χ4v) is 5.54. The molecule has 1 atom stereocenters. The molecule has 1 N–H and O–H groups in total. The normalized spacial score (nSPS) is 15.1. The van der Waals surface area contributed by atoms with Gasteiger partial charge in [-0.15, -0.1) is 0 Å². The second-order valence-electron chi connectivity index (χ2n) is 7.89. The number of fused-ring (bicyclic) bond motifs is 1. The molecule has 1 heterocycles. The summed E-state index contributed by atoms with van der Waals surface area (Å²) in [5, 5.41) is 3.47. The van der Waals surface area contributed by atoms with Gasteiger partial charge < -0.3 is 10.2 Å². The Morgan fingerprint density at radius 3 is 2.50 bits per heavy atom. The molecule has 0 radical (unpaired) electrons. The molecule has 0 saturated carbocycles. The summed E-state index contributed by atoms with van der Waals surface area (Å²) in [6.45, 7) is 3.15. The molecule has 0 aromatic heterocycles. The van der Waals surface area contributed by atoms with Crippen molar-refractivity contribution in [3.8, 4) is 0 Å². The topological polar surface area (TPSA) is 104 Å². The van der Waals surface area contributed by atoms with Gasteiger partial charge in [-0.1, -0.05) is 54.7 Å².